The third-order valence-corrected chi connectivity index (χ3v) is 3.44. The Morgan fingerprint density at radius 1 is 1.42 bits per heavy atom. The lowest BCUT2D eigenvalue weighted by Crippen LogP contribution is -1.97. The van der Waals surface area contributed by atoms with Crippen molar-refractivity contribution in [3.05, 3.63) is 18.0 Å². The van der Waals surface area contributed by atoms with Gasteiger partial charge in [-0.05, 0) is 6.07 Å². The topological polar surface area (TPSA) is 82.5 Å². The first-order chi connectivity index (χ1) is 9.06. The Bertz CT molecular complexity index is 750. The van der Waals surface area contributed by atoms with Gasteiger partial charge in [-0.2, -0.15) is 0 Å². The molecule has 0 fully saturated rings. The number of hydrogen-bond donors (Lipinski definition) is 1. The van der Waals surface area contributed by atoms with Crippen LogP contribution in [-0.2, 0) is 7.05 Å². The van der Waals surface area contributed by atoms with Crippen LogP contribution in [0.5, 0.6) is 0 Å². The summed E-state index contributed by atoms with van der Waals surface area (Å²) in [5, 5.41) is 7.48. The van der Waals surface area contributed by atoms with E-state index < -0.39 is 6.43 Å². The van der Waals surface area contributed by atoms with E-state index in [9.17, 15) is 8.78 Å². The molecule has 0 saturated heterocycles. The van der Waals surface area contributed by atoms with Gasteiger partial charge in [-0.1, -0.05) is 16.6 Å². The van der Waals surface area contributed by atoms with Crippen molar-refractivity contribution < 1.29 is 8.78 Å². The average molecular weight is 282 g/mol. The van der Waals surface area contributed by atoms with Gasteiger partial charge >= 0.3 is 0 Å². The monoisotopic (exact) mass is 282 g/mol. The molecule has 0 amide bonds. The number of hydrogen-bond acceptors (Lipinski definition) is 6. The number of nitrogens with two attached hydrogens (primary N) is 1. The maximum atomic E-state index is 12.9. The second-order valence-corrected chi connectivity index (χ2v) is 4.90. The van der Waals surface area contributed by atoms with E-state index in [1.54, 1.807) is 13.1 Å². The van der Waals surface area contributed by atoms with E-state index in [4.69, 9.17) is 5.73 Å². The Morgan fingerprint density at radius 2 is 2.21 bits per heavy atom. The summed E-state index contributed by atoms with van der Waals surface area (Å²) in [6.45, 7) is 0. The molecule has 3 aromatic rings. The number of nitrogen functional groups attached to an aromatic ring is 1. The van der Waals surface area contributed by atoms with Crippen LogP contribution >= 0.6 is 11.3 Å². The summed E-state index contributed by atoms with van der Waals surface area (Å²) < 4.78 is 27.8. The van der Waals surface area contributed by atoms with E-state index in [1.807, 2.05) is 0 Å². The largest absolute Gasteiger partial charge is 0.375 e. The Kier molecular flexibility index (Phi) is 2.63. The molecule has 0 unspecified atom stereocenters. The van der Waals surface area contributed by atoms with Gasteiger partial charge < -0.3 is 5.73 Å². The molecule has 0 saturated carbocycles. The summed E-state index contributed by atoms with van der Waals surface area (Å²) in [5.41, 5.74) is 6.43. The smallest absolute Gasteiger partial charge is 0.284 e. The first-order valence-electron chi connectivity index (χ1n) is 5.26. The summed E-state index contributed by atoms with van der Waals surface area (Å²) in [7, 11) is 1.54. The zero-order valence-electron chi connectivity index (χ0n) is 9.71. The van der Waals surface area contributed by atoms with Gasteiger partial charge in [-0.25, -0.2) is 18.4 Å². The van der Waals surface area contributed by atoms with Crippen LogP contribution in [0.2, 0.25) is 0 Å². The maximum Gasteiger partial charge on any atom is 0.284 e. The number of thiazole rings is 1. The quantitative estimate of drug-likeness (QED) is 0.777. The average Bonchev–Trinajstić information content (AvgIpc) is 2.89. The normalized spacial score (nSPS) is 11.6. The Hall–Kier alpha value is -2.16. The minimum absolute atomic E-state index is 0.198. The number of fused-ring (bicyclic) bond motifs is 1. The minimum Gasteiger partial charge on any atom is -0.375 e. The third-order valence-electron chi connectivity index (χ3n) is 2.59. The summed E-state index contributed by atoms with van der Waals surface area (Å²) >= 11 is 1.27. The van der Waals surface area contributed by atoms with Crippen molar-refractivity contribution in [3.63, 3.8) is 0 Å². The number of rotatable bonds is 2. The third kappa shape index (κ3) is 1.91. The second-order valence-electron chi connectivity index (χ2n) is 3.84. The molecule has 2 N–H and O–H groups in total. The van der Waals surface area contributed by atoms with Gasteiger partial charge in [0.1, 0.15) is 11.2 Å². The maximum absolute atomic E-state index is 12.9. The zero-order chi connectivity index (χ0) is 13.6. The summed E-state index contributed by atoms with van der Waals surface area (Å²) in [4.78, 5) is 8.18. The first-order valence-corrected chi connectivity index (χ1v) is 6.08. The van der Waals surface area contributed by atoms with Crippen LogP contribution in [-0.4, -0.2) is 25.0 Å². The van der Waals surface area contributed by atoms with Crippen molar-refractivity contribution in [2.75, 3.05) is 5.73 Å². The Labute approximate surface area is 109 Å². The molecular formula is C10H8F2N6S. The fourth-order valence-electron chi connectivity index (χ4n) is 1.80. The van der Waals surface area contributed by atoms with Crippen molar-refractivity contribution in [3.8, 4) is 11.4 Å². The van der Waals surface area contributed by atoms with Crippen molar-refractivity contribution in [2.24, 2.45) is 7.05 Å². The van der Waals surface area contributed by atoms with Crippen LogP contribution in [0.25, 0.3) is 21.6 Å². The molecule has 0 atom stereocenters. The Balaban J connectivity index is 2.21. The van der Waals surface area contributed by atoms with Crippen LogP contribution < -0.4 is 5.73 Å². The lowest BCUT2D eigenvalue weighted by atomic mass is 10.2. The van der Waals surface area contributed by atoms with Gasteiger partial charge in [0, 0.05) is 7.05 Å². The van der Waals surface area contributed by atoms with E-state index in [-0.39, 0.29) is 11.4 Å². The number of nitrogens with zero attached hydrogens (tertiary/aromatic N) is 5. The molecule has 0 aliphatic carbocycles. The first kappa shape index (κ1) is 11.9. The molecule has 19 heavy (non-hydrogen) atoms. The molecule has 3 rings (SSSR count). The number of aryl methyl sites for hydroxylation is 1. The van der Waals surface area contributed by atoms with E-state index in [2.05, 4.69) is 20.3 Å². The highest BCUT2D eigenvalue weighted by atomic mass is 32.1. The fourth-order valence-corrected chi connectivity index (χ4v) is 2.54. The number of halogens is 2. The SMILES string of the molecule is Cn1nnc(C(F)F)c1-c1cc2sc(N)nc2cn1. The molecule has 3 aromatic heterocycles. The highest BCUT2D eigenvalue weighted by molar-refractivity contribution is 7.22. The van der Waals surface area contributed by atoms with Gasteiger partial charge in [0.2, 0.25) is 0 Å². The van der Waals surface area contributed by atoms with Gasteiger partial charge in [0.05, 0.1) is 16.6 Å². The molecule has 0 spiro atoms. The summed E-state index contributed by atoms with van der Waals surface area (Å²) in [6, 6.07) is 1.66. The summed E-state index contributed by atoms with van der Waals surface area (Å²) in [5.74, 6) is 0. The molecule has 3 heterocycles. The van der Waals surface area contributed by atoms with Crippen molar-refractivity contribution in [1.82, 2.24) is 25.0 Å². The van der Waals surface area contributed by atoms with E-state index in [0.717, 1.165) is 4.70 Å². The van der Waals surface area contributed by atoms with Crippen LogP contribution in [0, 0.1) is 0 Å². The van der Waals surface area contributed by atoms with Crippen LogP contribution in [0.15, 0.2) is 12.3 Å². The van der Waals surface area contributed by atoms with Crippen LogP contribution in [0.3, 0.4) is 0 Å². The number of alkyl halides is 2. The van der Waals surface area contributed by atoms with Gasteiger partial charge in [0.25, 0.3) is 6.43 Å². The highest BCUT2D eigenvalue weighted by Gasteiger charge is 2.22. The molecule has 0 bridgehead atoms. The van der Waals surface area contributed by atoms with Crippen molar-refractivity contribution >= 4 is 26.7 Å². The predicted octanol–water partition coefficient (Wildman–Crippen LogP) is 2.01. The van der Waals surface area contributed by atoms with E-state index in [1.165, 1.54) is 22.2 Å². The van der Waals surface area contributed by atoms with Gasteiger partial charge in [-0.15, -0.1) is 5.10 Å². The number of anilines is 1. The van der Waals surface area contributed by atoms with E-state index in [0.29, 0.717) is 16.3 Å². The second kappa shape index (κ2) is 4.19. The lowest BCUT2D eigenvalue weighted by Gasteiger charge is -2.03. The van der Waals surface area contributed by atoms with Crippen LogP contribution in [0.1, 0.15) is 12.1 Å². The number of pyridine rings is 1. The van der Waals surface area contributed by atoms with Crippen molar-refractivity contribution in [2.45, 2.75) is 6.43 Å². The lowest BCUT2D eigenvalue weighted by molar-refractivity contribution is 0.146. The molecule has 0 radical (unpaired) electrons. The van der Waals surface area contributed by atoms with Gasteiger partial charge in [-0.3, -0.25) is 4.98 Å². The molecule has 0 aliphatic heterocycles. The fraction of sp³-hybridized carbons (Fsp3) is 0.200. The Morgan fingerprint density at radius 3 is 2.95 bits per heavy atom. The zero-order valence-corrected chi connectivity index (χ0v) is 10.5. The standard InChI is InChI=1S/C10H8F2N6S/c1-18-8(7(9(11)12)16-17-18)4-2-6-5(3-14-4)15-10(13)19-6/h2-3,9H,1H3,(H2,13,15). The molecular weight excluding hydrogens is 274 g/mol. The molecule has 98 valence electrons. The van der Waals surface area contributed by atoms with E-state index >= 15 is 0 Å². The number of aromatic nitrogens is 5. The molecule has 6 nitrogen and oxygen atoms in total. The van der Waals surface area contributed by atoms with Gasteiger partial charge in [0.15, 0.2) is 10.8 Å². The van der Waals surface area contributed by atoms with Crippen molar-refractivity contribution in [1.29, 1.82) is 0 Å². The molecule has 0 aromatic carbocycles. The predicted molar refractivity (Wildman–Crippen MR) is 66.8 cm³/mol. The summed E-state index contributed by atoms with van der Waals surface area (Å²) in [6.07, 6.45) is -1.20. The highest BCUT2D eigenvalue weighted by Crippen LogP contribution is 2.31. The molecule has 0 aliphatic rings. The molecule has 9 heteroatoms. The minimum atomic E-state index is -2.70. The van der Waals surface area contributed by atoms with Crippen LogP contribution in [0.4, 0.5) is 13.9 Å².